The van der Waals surface area contributed by atoms with Crippen molar-refractivity contribution >= 4 is 17.3 Å². The van der Waals surface area contributed by atoms with E-state index >= 15 is 0 Å². The van der Waals surface area contributed by atoms with Crippen molar-refractivity contribution in [2.45, 2.75) is 25.8 Å². The molecule has 3 fully saturated rings. The first kappa shape index (κ1) is 12.8. The third-order valence-corrected chi connectivity index (χ3v) is 4.54. The molecule has 0 aromatic heterocycles. The van der Waals surface area contributed by atoms with Gasteiger partial charge in [-0.2, -0.15) is 0 Å². The SMILES string of the molecule is C=C[C@H]1C[NH+]2CC[C@@H]1C[C@@H]2CNC(=S)NCC. The van der Waals surface area contributed by atoms with Gasteiger partial charge in [-0.25, -0.2) is 0 Å². The van der Waals surface area contributed by atoms with E-state index in [-0.39, 0.29) is 0 Å². The Morgan fingerprint density at radius 1 is 1.53 bits per heavy atom. The fraction of sp³-hybridized carbons (Fsp3) is 0.769. The highest BCUT2D eigenvalue weighted by atomic mass is 32.1. The molecule has 0 saturated carbocycles. The summed E-state index contributed by atoms with van der Waals surface area (Å²) in [5.41, 5.74) is 0. The lowest BCUT2D eigenvalue weighted by molar-refractivity contribution is -0.944. The monoisotopic (exact) mass is 254 g/mol. The first-order valence-electron chi connectivity index (χ1n) is 6.73. The van der Waals surface area contributed by atoms with Crippen LogP contribution < -0.4 is 15.5 Å². The van der Waals surface area contributed by atoms with Crippen LogP contribution in [0.1, 0.15) is 19.8 Å². The van der Waals surface area contributed by atoms with Gasteiger partial charge in [0.05, 0.1) is 19.6 Å². The van der Waals surface area contributed by atoms with E-state index in [1.165, 1.54) is 25.9 Å². The summed E-state index contributed by atoms with van der Waals surface area (Å²) in [6, 6.07) is 0.738. The number of nitrogens with one attached hydrogen (secondary N) is 3. The van der Waals surface area contributed by atoms with Gasteiger partial charge in [0.1, 0.15) is 6.04 Å². The molecule has 17 heavy (non-hydrogen) atoms. The Labute approximate surface area is 110 Å². The number of fused-ring (bicyclic) bond motifs is 3. The minimum atomic E-state index is 0.738. The van der Waals surface area contributed by atoms with Crippen molar-refractivity contribution in [1.29, 1.82) is 0 Å². The third kappa shape index (κ3) is 2.99. The van der Waals surface area contributed by atoms with E-state index in [0.717, 1.165) is 36.1 Å². The van der Waals surface area contributed by atoms with Crippen LogP contribution in [0.3, 0.4) is 0 Å². The Balaban J connectivity index is 1.80. The normalized spacial score (nSPS) is 35.4. The molecule has 3 aliphatic rings. The fourth-order valence-corrected chi connectivity index (χ4v) is 3.52. The molecule has 1 unspecified atom stereocenters. The molecule has 0 amide bonds. The van der Waals surface area contributed by atoms with Crippen LogP contribution in [0, 0.1) is 11.8 Å². The van der Waals surface area contributed by atoms with Gasteiger partial charge in [-0.3, -0.25) is 0 Å². The van der Waals surface area contributed by atoms with Gasteiger partial charge in [-0.1, -0.05) is 6.08 Å². The quantitative estimate of drug-likeness (QED) is 0.485. The highest BCUT2D eigenvalue weighted by Crippen LogP contribution is 2.27. The van der Waals surface area contributed by atoms with Crippen LogP contribution >= 0.6 is 12.2 Å². The van der Waals surface area contributed by atoms with Gasteiger partial charge >= 0.3 is 0 Å². The molecule has 3 saturated heterocycles. The van der Waals surface area contributed by atoms with E-state index in [2.05, 4.69) is 30.2 Å². The Hall–Kier alpha value is -0.610. The predicted molar refractivity (Wildman–Crippen MR) is 75.2 cm³/mol. The largest absolute Gasteiger partial charge is 0.363 e. The van der Waals surface area contributed by atoms with Gasteiger partial charge in [0, 0.05) is 25.3 Å². The molecule has 0 aromatic carbocycles. The standard InChI is InChI=1S/C13H23N3S/c1-3-10-9-16-6-5-11(10)7-12(16)8-15-13(17)14-4-2/h3,10-12H,1,4-9H2,2H3,(H2,14,15,17)/p+1/t10-,11+,12+/m0/s1. The van der Waals surface area contributed by atoms with Crippen LogP contribution in [0.25, 0.3) is 0 Å². The molecule has 3 rings (SSSR count). The average molecular weight is 254 g/mol. The zero-order valence-electron chi connectivity index (χ0n) is 10.7. The summed E-state index contributed by atoms with van der Waals surface area (Å²) >= 11 is 5.21. The Morgan fingerprint density at radius 3 is 2.94 bits per heavy atom. The lowest BCUT2D eigenvalue weighted by Gasteiger charge is -2.46. The maximum absolute atomic E-state index is 5.21. The fourth-order valence-electron chi connectivity index (χ4n) is 3.29. The average Bonchev–Trinajstić information content (AvgIpc) is 2.37. The summed E-state index contributed by atoms with van der Waals surface area (Å²) < 4.78 is 0. The van der Waals surface area contributed by atoms with E-state index in [4.69, 9.17) is 12.2 Å². The molecule has 96 valence electrons. The van der Waals surface area contributed by atoms with Gasteiger partial charge in [0.2, 0.25) is 0 Å². The molecule has 3 N–H and O–H groups in total. The van der Waals surface area contributed by atoms with Gasteiger partial charge < -0.3 is 15.5 Å². The van der Waals surface area contributed by atoms with Gasteiger partial charge in [0.15, 0.2) is 5.11 Å². The van der Waals surface area contributed by atoms with Crippen LogP contribution in [0.5, 0.6) is 0 Å². The van der Waals surface area contributed by atoms with E-state index in [0.29, 0.717) is 0 Å². The van der Waals surface area contributed by atoms with Crippen molar-refractivity contribution in [3.63, 3.8) is 0 Å². The second-order valence-corrected chi connectivity index (χ2v) is 5.64. The first-order chi connectivity index (χ1) is 8.24. The van der Waals surface area contributed by atoms with Crippen molar-refractivity contribution in [3.05, 3.63) is 12.7 Å². The lowest BCUT2D eigenvalue weighted by atomic mass is 9.76. The van der Waals surface area contributed by atoms with Gasteiger partial charge in [-0.05, 0) is 25.1 Å². The molecule has 3 nitrogen and oxygen atoms in total. The van der Waals surface area contributed by atoms with Crippen molar-refractivity contribution in [1.82, 2.24) is 10.6 Å². The van der Waals surface area contributed by atoms with Crippen LogP contribution in [0.4, 0.5) is 0 Å². The van der Waals surface area contributed by atoms with E-state index in [1.807, 2.05) is 0 Å². The van der Waals surface area contributed by atoms with Gasteiger partial charge in [-0.15, -0.1) is 6.58 Å². The number of quaternary nitrogens is 1. The Morgan fingerprint density at radius 2 is 2.35 bits per heavy atom. The highest BCUT2D eigenvalue weighted by Gasteiger charge is 2.41. The minimum Gasteiger partial charge on any atom is -0.363 e. The summed E-state index contributed by atoms with van der Waals surface area (Å²) in [6.07, 6.45) is 4.87. The van der Waals surface area contributed by atoms with Crippen molar-refractivity contribution in [3.8, 4) is 0 Å². The first-order valence-corrected chi connectivity index (χ1v) is 7.14. The van der Waals surface area contributed by atoms with Crippen molar-refractivity contribution in [2.75, 3.05) is 26.2 Å². The highest BCUT2D eigenvalue weighted by molar-refractivity contribution is 7.80. The zero-order valence-corrected chi connectivity index (χ0v) is 11.5. The molecule has 0 aromatic rings. The Kier molecular flexibility index (Phi) is 4.40. The van der Waals surface area contributed by atoms with Crippen molar-refractivity contribution in [2.24, 2.45) is 11.8 Å². The molecular formula is C13H24N3S+. The molecule has 0 radical (unpaired) electrons. The molecule has 3 heterocycles. The molecule has 4 atom stereocenters. The number of hydrogen-bond acceptors (Lipinski definition) is 1. The van der Waals surface area contributed by atoms with Crippen LogP contribution in [0.2, 0.25) is 0 Å². The van der Waals surface area contributed by atoms with E-state index in [9.17, 15) is 0 Å². The second kappa shape index (κ2) is 5.83. The number of thiocarbonyl (C=S) groups is 1. The summed E-state index contributed by atoms with van der Waals surface area (Å²) in [5.74, 6) is 1.61. The van der Waals surface area contributed by atoms with Crippen LogP contribution in [0.15, 0.2) is 12.7 Å². The summed E-state index contributed by atoms with van der Waals surface area (Å²) in [7, 11) is 0. The summed E-state index contributed by atoms with van der Waals surface area (Å²) in [5, 5.41) is 7.29. The van der Waals surface area contributed by atoms with Crippen molar-refractivity contribution < 1.29 is 4.90 Å². The molecule has 0 spiro atoms. The third-order valence-electron chi connectivity index (χ3n) is 4.25. The number of rotatable bonds is 4. The van der Waals surface area contributed by atoms with E-state index < -0.39 is 0 Å². The Bertz CT molecular complexity index is 292. The van der Waals surface area contributed by atoms with Gasteiger partial charge in [0.25, 0.3) is 0 Å². The summed E-state index contributed by atoms with van der Waals surface area (Å²) in [4.78, 5) is 1.74. The lowest BCUT2D eigenvalue weighted by Crippen LogP contribution is -3.20. The maximum Gasteiger partial charge on any atom is 0.166 e. The predicted octanol–water partition coefficient (Wildman–Crippen LogP) is -0.0503. The zero-order chi connectivity index (χ0) is 12.3. The van der Waals surface area contributed by atoms with E-state index in [1.54, 1.807) is 4.90 Å². The number of hydrogen-bond donors (Lipinski definition) is 3. The van der Waals surface area contributed by atoms with Crippen LogP contribution in [-0.2, 0) is 0 Å². The minimum absolute atomic E-state index is 0.738. The number of piperidine rings is 3. The molecule has 4 heteroatoms. The molecule has 0 aliphatic carbocycles. The molecule has 3 aliphatic heterocycles. The van der Waals surface area contributed by atoms with Crippen LogP contribution in [-0.4, -0.2) is 37.3 Å². The topological polar surface area (TPSA) is 28.5 Å². The summed E-state index contributed by atoms with van der Waals surface area (Å²) in [6.45, 7) is 10.5. The maximum atomic E-state index is 5.21. The second-order valence-electron chi connectivity index (χ2n) is 5.23. The smallest absolute Gasteiger partial charge is 0.166 e. The molecule has 2 bridgehead atoms. The molecular weight excluding hydrogens is 230 g/mol.